The lowest BCUT2D eigenvalue weighted by Gasteiger charge is -2.14. The van der Waals surface area contributed by atoms with Gasteiger partial charge >= 0.3 is 5.97 Å². The second kappa shape index (κ2) is 8.07. The molecule has 1 aromatic rings. The van der Waals surface area contributed by atoms with E-state index in [4.69, 9.17) is 4.74 Å². The van der Waals surface area contributed by atoms with Gasteiger partial charge in [0.15, 0.2) is 6.10 Å². The van der Waals surface area contributed by atoms with E-state index in [1.807, 2.05) is 0 Å². The Morgan fingerprint density at radius 3 is 2.42 bits per heavy atom. The Labute approximate surface area is 142 Å². The van der Waals surface area contributed by atoms with Crippen molar-refractivity contribution in [1.29, 1.82) is 0 Å². The van der Waals surface area contributed by atoms with Crippen LogP contribution in [0.3, 0.4) is 0 Å². The lowest BCUT2D eigenvalue weighted by atomic mass is 10.3. The number of anilines is 1. The third-order valence-corrected chi connectivity index (χ3v) is 4.76. The van der Waals surface area contributed by atoms with Crippen LogP contribution in [-0.4, -0.2) is 44.8 Å². The van der Waals surface area contributed by atoms with Crippen LogP contribution >= 0.6 is 0 Å². The van der Waals surface area contributed by atoms with Crippen molar-refractivity contribution >= 4 is 27.6 Å². The molecule has 0 radical (unpaired) electrons. The fraction of sp³-hybridized carbons (Fsp3) is 0.375. The molecule has 0 spiro atoms. The zero-order valence-electron chi connectivity index (χ0n) is 14.4. The maximum Gasteiger partial charge on any atom is 0.331 e. The Balaban J connectivity index is 2.85. The van der Waals surface area contributed by atoms with E-state index in [-0.39, 0.29) is 4.90 Å². The van der Waals surface area contributed by atoms with Crippen LogP contribution in [0.2, 0.25) is 0 Å². The lowest BCUT2D eigenvalue weighted by molar-refractivity contribution is -0.148. The van der Waals surface area contributed by atoms with Gasteiger partial charge in [-0.15, -0.1) is 0 Å². The molecule has 0 fully saturated rings. The largest absolute Gasteiger partial charge is 0.449 e. The van der Waals surface area contributed by atoms with E-state index in [0.29, 0.717) is 5.69 Å². The molecule has 0 bridgehead atoms. The van der Waals surface area contributed by atoms with Gasteiger partial charge in [-0.05, 0) is 39.0 Å². The van der Waals surface area contributed by atoms with E-state index in [0.717, 1.165) is 9.88 Å². The van der Waals surface area contributed by atoms with Crippen LogP contribution in [0.4, 0.5) is 5.69 Å². The van der Waals surface area contributed by atoms with Crippen molar-refractivity contribution in [3.63, 3.8) is 0 Å². The average Bonchev–Trinajstić information content (AvgIpc) is 2.46. The van der Waals surface area contributed by atoms with E-state index in [9.17, 15) is 18.0 Å². The molecule has 7 nitrogen and oxygen atoms in total. The molecular formula is C16H22N2O5S. The Morgan fingerprint density at radius 2 is 1.88 bits per heavy atom. The van der Waals surface area contributed by atoms with Gasteiger partial charge in [-0.3, -0.25) is 4.79 Å². The first-order valence-corrected chi connectivity index (χ1v) is 8.67. The zero-order chi connectivity index (χ0) is 18.5. The summed E-state index contributed by atoms with van der Waals surface area (Å²) in [5.41, 5.74) is 1.06. The van der Waals surface area contributed by atoms with Crippen LogP contribution < -0.4 is 5.32 Å². The molecular weight excluding hydrogens is 332 g/mol. The van der Waals surface area contributed by atoms with Gasteiger partial charge in [0, 0.05) is 25.9 Å². The van der Waals surface area contributed by atoms with E-state index < -0.39 is 28.0 Å². The summed E-state index contributed by atoms with van der Waals surface area (Å²) in [6.07, 6.45) is 0.274. The number of carbonyl (C=O) groups is 2. The molecule has 0 aliphatic carbocycles. The highest BCUT2D eigenvalue weighted by Crippen LogP contribution is 2.18. The van der Waals surface area contributed by atoms with Gasteiger partial charge < -0.3 is 10.1 Å². The Bertz CT molecular complexity index is 749. The highest BCUT2D eigenvalue weighted by atomic mass is 32.2. The van der Waals surface area contributed by atoms with Crippen molar-refractivity contribution in [2.45, 2.75) is 31.8 Å². The van der Waals surface area contributed by atoms with Crippen LogP contribution in [0.25, 0.3) is 0 Å². The smallest absolute Gasteiger partial charge is 0.331 e. The first-order chi connectivity index (χ1) is 11.0. The molecule has 0 aliphatic heterocycles. The number of hydrogen-bond acceptors (Lipinski definition) is 5. The minimum Gasteiger partial charge on any atom is -0.449 e. The number of rotatable bonds is 6. The first-order valence-electron chi connectivity index (χ1n) is 7.23. The fourth-order valence-electron chi connectivity index (χ4n) is 1.69. The number of hydrogen-bond donors (Lipinski definition) is 1. The molecule has 0 aliphatic rings. The molecule has 1 atom stereocenters. The number of benzene rings is 1. The number of esters is 1. The first kappa shape index (κ1) is 19.9. The van der Waals surface area contributed by atoms with Gasteiger partial charge in [0.1, 0.15) is 0 Å². The quantitative estimate of drug-likeness (QED) is 0.621. The predicted octanol–water partition coefficient (Wildman–Crippen LogP) is 1.77. The van der Waals surface area contributed by atoms with E-state index >= 15 is 0 Å². The Kier molecular flexibility index (Phi) is 6.68. The fourth-order valence-corrected chi connectivity index (χ4v) is 2.63. The summed E-state index contributed by atoms with van der Waals surface area (Å²) in [4.78, 5) is 23.6. The van der Waals surface area contributed by atoms with Crippen molar-refractivity contribution in [1.82, 2.24) is 4.31 Å². The Hall–Kier alpha value is -2.19. The second-order valence-electron chi connectivity index (χ2n) is 5.61. The van der Waals surface area contributed by atoms with Crippen molar-refractivity contribution in [3.8, 4) is 0 Å². The molecule has 1 aromatic carbocycles. The molecule has 132 valence electrons. The molecule has 0 saturated heterocycles. The molecule has 8 heteroatoms. The van der Waals surface area contributed by atoms with Gasteiger partial charge in [0.25, 0.3) is 5.91 Å². The van der Waals surface area contributed by atoms with Gasteiger partial charge in [-0.25, -0.2) is 17.5 Å². The zero-order valence-corrected chi connectivity index (χ0v) is 15.2. The van der Waals surface area contributed by atoms with Crippen molar-refractivity contribution < 1.29 is 22.7 Å². The number of nitrogens with zero attached hydrogens (tertiary/aromatic N) is 1. The van der Waals surface area contributed by atoms with Crippen LogP contribution in [0.5, 0.6) is 0 Å². The number of carbonyl (C=O) groups excluding carboxylic acids is 2. The summed E-state index contributed by atoms with van der Waals surface area (Å²) in [5, 5.41) is 2.53. The molecule has 1 rings (SSSR count). The number of ether oxygens (including phenoxy) is 1. The third kappa shape index (κ3) is 5.47. The topological polar surface area (TPSA) is 92.8 Å². The SMILES string of the molecule is CC(C)=CC(=O)O[C@H](C)C(=O)Nc1cccc(S(=O)(=O)N(C)C)c1. The molecule has 0 saturated carbocycles. The van der Waals surface area contributed by atoms with Crippen LogP contribution in [-0.2, 0) is 24.3 Å². The molecule has 1 amide bonds. The second-order valence-corrected chi connectivity index (χ2v) is 7.76. The number of amides is 1. The van der Waals surface area contributed by atoms with Gasteiger partial charge in [0.2, 0.25) is 10.0 Å². The number of sulfonamides is 1. The highest BCUT2D eigenvalue weighted by molar-refractivity contribution is 7.89. The maximum atomic E-state index is 12.1. The van der Waals surface area contributed by atoms with E-state index in [2.05, 4.69) is 5.32 Å². The van der Waals surface area contributed by atoms with Gasteiger partial charge in [-0.2, -0.15) is 0 Å². The van der Waals surface area contributed by atoms with Gasteiger partial charge in [-0.1, -0.05) is 11.6 Å². The lowest BCUT2D eigenvalue weighted by Crippen LogP contribution is -2.29. The molecule has 24 heavy (non-hydrogen) atoms. The minimum absolute atomic E-state index is 0.0551. The Morgan fingerprint density at radius 1 is 1.25 bits per heavy atom. The third-order valence-electron chi connectivity index (χ3n) is 2.95. The monoisotopic (exact) mass is 354 g/mol. The minimum atomic E-state index is -3.60. The molecule has 0 unspecified atom stereocenters. The predicted molar refractivity (Wildman–Crippen MR) is 90.9 cm³/mol. The standard InChI is InChI=1S/C16H22N2O5S/c1-11(2)9-15(19)23-12(3)16(20)17-13-7-6-8-14(10-13)24(21,22)18(4)5/h6-10,12H,1-5H3,(H,17,20)/t12-/m1/s1. The van der Waals surface area contributed by atoms with Crippen LogP contribution in [0.1, 0.15) is 20.8 Å². The van der Waals surface area contributed by atoms with E-state index in [1.54, 1.807) is 19.9 Å². The van der Waals surface area contributed by atoms with Gasteiger partial charge in [0.05, 0.1) is 4.90 Å². The molecule has 0 heterocycles. The van der Waals surface area contributed by atoms with Crippen LogP contribution in [0.15, 0.2) is 40.8 Å². The molecule has 0 aromatic heterocycles. The summed E-state index contributed by atoms with van der Waals surface area (Å²) in [6, 6.07) is 5.85. The van der Waals surface area contributed by atoms with Crippen LogP contribution in [0, 0.1) is 0 Å². The number of nitrogens with one attached hydrogen (secondary N) is 1. The van der Waals surface area contributed by atoms with Crippen molar-refractivity contribution in [2.24, 2.45) is 0 Å². The summed E-state index contributed by atoms with van der Waals surface area (Å²) in [6.45, 7) is 4.91. The normalized spacial score (nSPS) is 12.4. The van der Waals surface area contributed by atoms with E-state index in [1.165, 1.54) is 45.3 Å². The van der Waals surface area contributed by atoms with Crippen molar-refractivity contribution in [3.05, 3.63) is 35.9 Å². The molecule has 1 N–H and O–H groups in total. The highest BCUT2D eigenvalue weighted by Gasteiger charge is 2.20. The average molecular weight is 354 g/mol. The van der Waals surface area contributed by atoms with Crippen molar-refractivity contribution in [2.75, 3.05) is 19.4 Å². The summed E-state index contributed by atoms with van der Waals surface area (Å²) in [7, 11) is -0.755. The maximum absolute atomic E-state index is 12.1. The summed E-state index contributed by atoms with van der Waals surface area (Å²) < 4.78 is 30.2. The summed E-state index contributed by atoms with van der Waals surface area (Å²) >= 11 is 0. The summed E-state index contributed by atoms with van der Waals surface area (Å²) in [5.74, 6) is -1.16. The number of allylic oxidation sites excluding steroid dienone is 1.